The second-order valence-electron chi connectivity index (χ2n) is 7.77. The Morgan fingerprint density at radius 1 is 1.35 bits per heavy atom. The van der Waals surface area contributed by atoms with E-state index >= 15 is 0 Å². The van der Waals surface area contributed by atoms with Crippen LogP contribution in [0.5, 0.6) is 0 Å². The van der Waals surface area contributed by atoms with Crippen LogP contribution in [0, 0.1) is 12.8 Å². The molecule has 2 heterocycles. The minimum atomic E-state index is -0.485. The Balaban J connectivity index is 1.58. The molecular weight excluding hydrogens is 350 g/mol. The summed E-state index contributed by atoms with van der Waals surface area (Å²) in [6, 6.07) is 5.57. The van der Waals surface area contributed by atoms with Gasteiger partial charge >= 0.3 is 0 Å². The van der Waals surface area contributed by atoms with Gasteiger partial charge in [-0.25, -0.2) is 0 Å². The molecule has 1 amide bonds. The van der Waals surface area contributed by atoms with Crippen molar-refractivity contribution in [3.05, 3.63) is 46.2 Å². The van der Waals surface area contributed by atoms with Crippen molar-refractivity contribution in [1.29, 1.82) is 0 Å². The van der Waals surface area contributed by atoms with Gasteiger partial charge in [-0.3, -0.25) is 9.48 Å². The Bertz CT molecular complexity index is 787. The molecule has 1 aromatic heterocycles. The molecule has 6 nitrogen and oxygen atoms in total. The molecule has 3 rings (SSSR count). The minimum absolute atomic E-state index is 0.0186. The molecule has 0 unspecified atom stereocenters. The monoisotopic (exact) mass is 375 g/mol. The first kappa shape index (κ1) is 18.9. The summed E-state index contributed by atoms with van der Waals surface area (Å²) in [5.41, 5.74) is 8.00. The van der Waals surface area contributed by atoms with Crippen molar-refractivity contribution in [2.45, 2.75) is 45.7 Å². The topological polar surface area (TPSA) is 77.0 Å². The third kappa shape index (κ3) is 4.24. The van der Waals surface area contributed by atoms with Gasteiger partial charge in [0.1, 0.15) is 5.69 Å². The largest absolute Gasteiger partial charge is 0.339 e. The molecule has 1 aromatic carbocycles. The second kappa shape index (κ2) is 7.37. The molecule has 0 atom stereocenters. The normalized spacial score (nSPS) is 16.1. The number of nitrogens with zero attached hydrogens (tertiary/aromatic N) is 4. The van der Waals surface area contributed by atoms with Gasteiger partial charge in [0.25, 0.3) is 5.91 Å². The number of hydrogen-bond donors (Lipinski definition) is 1. The summed E-state index contributed by atoms with van der Waals surface area (Å²) in [4.78, 5) is 14.6. The number of hydrogen-bond acceptors (Lipinski definition) is 4. The van der Waals surface area contributed by atoms with Crippen LogP contribution < -0.4 is 5.73 Å². The number of halogens is 1. The van der Waals surface area contributed by atoms with Crippen molar-refractivity contribution in [3.8, 4) is 0 Å². The zero-order valence-electron chi connectivity index (χ0n) is 15.6. The Morgan fingerprint density at radius 3 is 2.65 bits per heavy atom. The highest BCUT2D eigenvalue weighted by molar-refractivity contribution is 6.33. The highest BCUT2D eigenvalue weighted by atomic mass is 35.5. The zero-order chi connectivity index (χ0) is 18.9. The molecule has 1 aliphatic heterocycles. The quantitative estimate of drug-likeness (QED) is 0.891. The summed E-state index contributed by atoms with van der Waals surface area (Å²) in [5.74, 6) is 0.493. The van der Waals surface area contributed by atoms with Crippen molar-refractivity contribution >= 4 is 17.5 Å². The van der Waals surface area contributed by atoms with E-state index in [1.54, 1.807) is 6.07 Å². The number of carbonyl (C=O) groups is 1. The van der Waals surface area contributed by atoms with E-state index in [1.165, 1.54) is 0 Å². The number of carbonyl (C=O) groups excluding carboxylic acids is 1. The van der Waals surface area contributed by atoms with Gasteiger partial charge in [0, 0.05) is 19.6 Å². The van der Waals surface area contributed by atoms with Crippen LogP contribution in [0.4, 0.5) is 0 Å². The number of amides is 1. The first-order valence-electron chi connectivity index (χ1n) is 8.99. The molecule has 1 saturated heterocycles. The molecule has 0 aliphatic carbocycles. The number of likely N-dealkylation sites (tertiary alicyclic amines) is 1. The van der Waals surface area contributed by atoms with Crippen LogP contribution in [-0.2, 0) is 12.1 Å². The van der Waals surface area contributed by atoms with Gasteiger partial charge in [-0.1, -0.05) is 28.4 Å². The van der Waals surface area contributed by atoms with Crippen molar-refractivity contribution in [3.63, 3.8) is 0 Å². The third-order valence-electron chi connectivity index (χ3n) is 4.90. The summed E-state index contributed by atoms with van der Waals surface area (Å²) >= 11 is 6.21. The van der Waals surface area contributed by atoms with E-state index in [0.29, 0.717) is 16.5 Å². The summed E-state index contributed by atoms with van der Waals surface area (Å²) < 4.78 is 1.86. The van der Waals surface area contributed by atoms with Crippen LogP contribution in [-0.4, -0.2) is 38.9 Å². The lowest BCUT2D eigenvalue weighted by Gasteiger charge is -2.32. The fraction of sp³-hybridized carbons (Fsp3) is 0.526. The first-order chi connectivity index (χ1) is 12.2. The molecule has 140 valence electrons. The van der Waals surface area contributed by atoms with Crippen LogP contribution in [0.2, 0.25) is 5.02 Å². The number of aryl methyl sites for hydroxylation is 1. The smallest absolute Gasteiger partial charge is 0.255 e. The Hall–Kier alpha value is -1.92. The number of piperidine rings is 1. The maximum absolute atomic E-state index is 12.8. The van der Waals surface area contributed by atoms with Crippen LogP contribution in [0.3, 0.4) is 0 Å². The van der Waals surface area contributed by atoms with Crippen LogP contribution in [0.15, 0.2) is 24.4 Å². The van der Waals surface area contributed by atoms with Crippen LogP contribution in [0.1, 0.15) is 48.3 Å². The lowest BCUT2D eigenvalue weighted by atomic mass is 9.96. The van der Waals surface area contributed by atoms with E-state index in [9.17, 15) is 4.79 Å². The number of aromatic nitrogens is 3. The lowest BCUT2D eigenvalue weighted by Crippen LogP contribution is -2.39. The van der Waals surface area contributed by atoms with Crippen LogP contribution >= 0.6 is 11.6 Å². The predicted molar refractivity (Wildman–Crippen MR) is 102 cm³/mol. The van der Waals surface area contributed by atoms with E-state index in [1.807, 2.05) is 48.7 Å². The Morgan fingerprint density at radius 2 is 2.04 bits per heavy atom. The fourth-order valence-electron chi connectivity index (χ4n) is 3.24. The third-order valence-corrected chi connectivity index (χ3v) is 5.23. The van der Waals surface area contributed by atoms with E-state index in [0.717, 1.165) is 43.7 Å². The highest BCUT2D eigenvalue weighted by Crippen LogP contribution is 2.24. The van der Waals surface area contributed by atoms with Gasteiger partial charge in [0.2, 0.25) is 0 Å². The molecule has 0 radical (unpaired) electrons. The highest BCUT2D eigenvalue weighted by Gasteiger charge is 2.26. The van der Waals surface area contributed by atoms with Crippen molar-refractivity contribution < 1.29 is 4.79 Å². The van der Waals surface area contributed by atoms with Crippen molar-refractivity contribution in [2.24, 2.45) is 11.7 Å². The average molecular weight is 376 g/mol. The van der Waals surface area contributed by atoms with Gasteiger partial charge in [-0.05, 0) is 51.7 Å². The second-order valence-corrected chi connectivity index (χ2v) is 8.17. The Kier molecular flexibility index (Phi) is 5.34. The van der Waals surface area contributed by atoms with E-state index in [-0.39, 0.29) is 5.91 Å². The summed E-state index contributed by atoms with van der Waals surface area (Å²) in [6.45, 7) is 8.07. The number of nitrogens with two attached hydrogens (primary N) is 1. The molecule has 1 fully saturated rings. The maximum atomic E-state index is 12.8. The first-order valence-corrected chi connectivity index (χ1v) is 9.37. The molecule has 2 aromatic rings. The van der Waals surface area contributed by atoms with Crippen molar-refractivity contribution in [2.75, 3.05) is 13.1 Å². The number of rotatable bonds is 4. The lowest BCUT2D eigenvalue weighted by molar-refractivity contribution is 0.0681. The SMILES string of the molecule is Cc1ccc(Cl)c(C(=O)N2CCC(Cn3cc(C(C)(C)N)nn3)CC2)c1. The van der Waals surface area contributed by atoms with E-state index in [2.05, 4.69) is 10.3 Å². The Labute approximate surface area is 159 Å². The molecule has 0 saturated carbocycles. The van der Waals surface area contributed by atoms with Gasteiger partial charge in [-0.2, -0.15) is 0 Å². The van der Waals surface area contributed by atoms with Gasteiger partial charge in [0.15, 0.2) is 0 Å². The van der Waals surface area contributed by atoms with Gasteiger partial charge in [-0.15, -0.1) is 5.10 Å². The molecule has 0 bridgehead atoms. The minimum Gasteiger partial charge on any atom is -0.339 e. The molecule has 2 N–H and O–H groups in total. The van der Waals surface area contributed by atoms with Gasteiger partial charge < -0.3 is 10.6 Å². The fourth-order valence-corrected chi connectivity index (χ4v) is 3.44. The van der Waals surface area contributed by atoms with Crippen LogP contribution in [0.25, 0.3) is 0 Å². The average Bonchev–Trinajstić information content (AvgIpc) is 3.06. The molecule has 0 spiro atoms. The molecule has 1 aliphatic rings. The van der Waals surface area contributed by atoms with Gasteiger partial charge in [0.05, 0.1) is 22.3 Å². The summed E-state index contributed by atoms with van der Waals surface area (Å²) in [5, 5.41) is 8.87. The number of benzene rings is 1. The maximum Gasteiger partial charge on any atom is 0.255 e. The zero-order valence-corrected chi connectivity index (χ0v) is 16.3. The van der Waals surface area contributed by atoms with E-state index in [4.69, 9.17) is 17.3 Å². The molecular formula is C19H26ClN5O. The standard InChI is InChI=1S/C19H26ClN5O/c1-13-4-5-16(20)15(10-13)18(26)24-8-6-14(7-9-24)11-25-12-17(22-23-25)19(2,3)21/h4-5,10,12,14H,6-9,11,21H2,1-3H3. The molecule has 7 heteroatoms. The molecule has 26 heavy (non-hydrogen) atoms. The van der Waals surface area contributed by atoms with Crippen molar-refractivity contribution in [1.82, 2.24) is 19.9 Å². The van der Waals surface area contributed by atoms with E-state index < -0.39 is 5.54 Å². The summed E-state index contributed by atoms with van der Waals surface area (Å²) in [7, 11) is 0. The predicted octanol–water partition coefficient (Wildman–Crippen LogP) is 2.99. The summed E-state index contributed by atoms with van der Waals surface area (Å²) in [6.07, 6.45) is 3.80.